The average Bonchev–Trinajstić information content (AvgIpc) is 3.16. The van der Waals surface area contributed by atoms with Crippen LogP contribution in [-0.4, -0.2) is 43.5 Å². The van der Waals surface area contributed by atoms with Crippen LogP contribution < -0.4 is 21.3 Å². The molecule has 2 aromatic heterocycles. The van der Waals surface area contributed by atoms with E-state index >= 15 is 0 Å². The van der Waals surface area contributed by atoms with E-state index in [0.29, 0.717) is 18.2 Å². The third-order valence-electron chi connectivity index (χ3n) is 5.40. The number of imidazole rings is 1. The Hall–Kier alpha value is -3.85. The topological polar surface area (TPSA) is 114 Å². The first-order valence-corrected chi connectivity index (χ1v) is 10.8. The van der Waals surface area contributed by atoms with Crippen molar-refractivity contribution in [3.63, 3.8) is 0 Å². The number of rotatable bonds is 9. The Morgan fingerprint density at radius 1 is 1.12 bits per heavy atom. The van der Waals surface area contributed by atoms with Gasteiger partial charge in [-0.15, -0.1) is 0 Å². The molecule has 0 radical (unpaired) electrons. The van der Waals surface area contributed by atoms with Gasteiger partial charge >= 0.3 is 5.69 Å². The fourth-order valence-electron chi connectivity index (χ4n) is 3.60. The molecule has 172 valence electrons. The van der Waals surface area contributed by atoms with E-state index in [9.17, 15) is 14.7 Å². The summed E-state index contributed by atoms with van der Waals surface area (Å²) in [6.45, 7) is 2.66. The number of aliphatic hydroxyl groups excluding tert-OH is 1. The van der Waals surface area contributed by atoms with Crippen LogP contribution in [0.5, 0.6) is 5.75 Å². The van der Waals surface area contributed by atoms with Crippen LogP contribution in [0.15, 0.2) is 64.2 Å². The summed E-state index contributed by atoms with van der Waals surface area (Å²) in [6.07, 6.45) is -0.159. The highest BCUT2D eigenvalue weighted by atomic mass is 16.5. The van der Waals surface area contributed by atoms with E-state index in [-0.39, 0.29) is 24.3 Å². The van der Waals surface area contributed by atoms with E-state index in [1.807, 2.05) is 61.5 Å². The molecule has 0 aliphatic heterocycles. The fraction of sp³-hybridized carbons (Fsp3) is 0.292. The van der Waals surface area contributed by atoms with Gasteiger partial charge in [0.2, 0.25) is 5.95 Å². The molecule has 0 saturated heterocycles. The van der Waals surface area contributed by atoms with Gasteiger partial charge in [-0.25, -0.2) is 4.79 Å². The van der Waals surface area contributed by atoms with Crippen LogP contribution in [0.2, 0.25) is 0 Å². The van der Waals surface area contributed by atoms with Crippen molar-refractivity contribution >= 4 is 17.1 Å². The van der Waals surface area contributed by atoms with Crippen LogP contribution in [-0.2, 0) is 20.0 Å². The minimum atomic E-state index is -0.907. The number of hydrogen-bond donors (Lipinski definition) is 3. The number of fused-ring (bicyclic) bond motifs is 1. The van der Waals surface area contributed by atoms with Crippen molar-refractivity contribution in [3.05, 3.63) is 86.6 Å². The Morgan fingerprint density at radius 2 is 1.85 bits per heavy atom. The number of aryl methyl sites for hydroxylation is 2. The zero-order chi connectivity index (χ0) is 23.4. The SMILES string of the molecule is Cc1ccc(OC[C@@H](O)Cn2c(NCCc3ccccc3)nc3c2c(=O)[nH]c(=O)n3C)cc1. The maximum Gasteiger partial charge on any atom is 0.329 e. The van der Waals surface area contributed by atoms with Gasteiger partial charge in [-0.05, 0) is 31.0 Å². The number of ether oxygens (including phenoxy) is 1. The van der Waals surface area contributed by atoms with Gasteiger partial charge in [-0.1, -0.05) is 48.0 Å². The zero-order valence-corrected chi connectivity index (χ0v) is 18.6. The third kappa shape index (κ3) is 5.15. The first kappa shape index (κ1) is 22.3. The lowest BCUT2D eigenvalue weighted by atomic mass is 10.1. The number of benzene rings is 2. The summed E-state index contributed by atoms with van der Waals surface area (Å²) in [5.74, 6) is 1.05. The Kier molecular flexibility index (Phi) is 6.60. The molecule has 9 heteroatoms. The van der Waals surface area contributed by atoms with Gasteiger partial charge in [0, 0.05) is 13.6 Å². The highest BCUT2D eigenvalue weighted by Crippen LogP contribution is 2.17. The third-order valence-corrected chi connectivity index (χ3v) is 5.40. The molecular formula is C24H27N5O4. The predicted octanol–water partition coefficient (Wildman–Crippen LogP) is 1.83. The van der Waals surface area contributed by atoms with Gasteiger partial charge in [-0.3, -0.25) is 14.3 Å². The first-order valence-electron chi connectivity index (χ1n) is 10.8. The summed E-state index contributed by atoms with van der Waals surface area (Å²) in [5.41, 5.74) is 1.64. The normalized spacial score (nSPS) is 12.1. The molecule has 0 amide bonds. The molecule has 0 saturated carbocycles. The highest BCUT2D eigenvalue weighted by molar-refractivity contribution is 5.74. The van der Waals surface area contributed by atoms with E-state index in [2.05, 4.69) is 15.3 Å². The van der Waals surface area contributed by atoms with Crippen LogP contribution in [0.3, 0.4) is 0 Å². The van der Waals surface area contributed by atoms with E-state index in [1.54, 1.807) is 11.6 Å². The fourth-order valence-corrected chi connectivity index (χ4v) is 3.60. The lowest BCUT2D eigenvalue weighted by Gasteiger charge is -2.16. The second-order valence-electron chi connectivity index (χ2n) is 7.98. The predicted molar refractivity (Wildman–Crippen MR) is 127 cm³/mol. The summed E-state index contributed by atoms with van der Waals surface area (Å²) in [5, 5.41) is 13.9. The summed E-state index contributed by atoms with van der Waals surface area (Å²) in [4.78, 5) is 31.4. The standard InChI is InChI=1S/C24H27N5O4/c1-16-8-10-19(11-9-16)33-15-18(30)14-29-20-21(28(2)24(32)27-22(20)31)26-23(29)25-13-12-17-6-4-3-5-7-17/h3-11,18,30H,12-15H2,1-2H3,(H,25,26)(H,27,31,32)/t18-/m0/s1. The van der Waals surface area contributed by atoms with E-state index in [4.69, 9.17) is 4.74 Å². The first-order chi connectivity index (χ1) is 15.9. The molecule has 0 bridgehead atoms. The number of nitrogens with one attached hydrogen (secondary N) is 2. The Labute approximate surface area is 190 Å². The monoisotopic (exact) mass is 449 g/mol. The number of aliphatic hydroxyl groups is 1. The van der Waals surface area contributed by atoms with Gasteiger partial charge in [-0.2, -0.15) is 4.98 Å². The van der Waals surface area contributed by atoms with E-state index in [0.717, 1.165) is 17.5 Å². The molecule has 0 aliphatic carbocycles. The molecule has 2 heterocycles. The maximum absolute atomic E-state index is 12.6. The van der Waals surface area contributed by atoms with Crippen molar-refractivity contribution in [2.24, 2.45) is 7.05 Å². The van der Waals surface area contributed by atoms with Crippen LogP contribution in [0.1, 0.15) is 11.1 Å². The number of aromatic nitrogens is 4. The Balaban J connectivity index is 1.56. The van der Waals surface area contributed by atoms with Crippen molar-refractivity contribution in [1.82, 2.24) is 19.1 Å². The quantitative estimate of drug-likeness (QED) is 0.359. The van der Waals surface area contributed by atoms with Crippen LogP contribution in [0.25, 0.3) is 11.2 Å². The summed E-state index contributed by atoms with van der Waals surface area (Å²) < 4.78 is 8.57. The van der Waals surface area contributed by atoms with E-state index < -0.39 is 17.4 Å². The van der Waals surface area contributed by atoms with Crippen molar-refractivity contribution in [2.75, 3.05) is 18.5 Å². The molecule has 0 spiro atoms. The minimum Gasteiger partial charge on any atom is -0.491 e. The summed E-state index contributed by atoms with van der Waals surface area (Å²) >= 11 is 0. The van der Waals surface area contributed by atoms with Gasteiger partial charge < -0.3 is 19.7 Å². The highest BCUT2D eigenvalue weighted by Gasteiger charge is 2.20. The maximum atomic E-state index is 12.6. The number of aromatic amines is 1. The zero-order valence-electron chi connectivity index (χ0n) is 18.6. The van der Waals surface area contributed by atoms with Crippen LogP contribution in [0, 0.1) is 6.92 Å². The second-order valence-corrected chi connectivity index (χ2v) is 7.98. The summed E-state index contributed by atoms with van der Waals surface area (Å²) in [7, 11) is 1.54. The van der Waals surface area contributed by atoms with Gasteiger partial charge in [0.15, 0.2) is 11.2 Å². The molecule has 0 fully saturated rings. The van der Waals surface area contributed by atoms with Crippen molar-refractivity contribution in [3.8, 4) is 5.75 Å². The number of H-pyrrole nitrogens is 1. The molecule has 9 nitrogen and oxygen atoms in total. The molecule has 4 aromatic rings. The van der Waals surface area contributed by atoms with Crippen molar-refractivity contribution in [2.45, 2.75) is 26.0 Å². The van der Waals surface area contributed by atoms with Crippen molar-refractivity contribution < 1.29 is 9.84 Å². The molecule has 4 rings (SSSR count). The molecule has 3 N–H and O–H groups in total. The van der Waals surface area contributed by atoms with E-state index in [1.165, 1.54) is 4.57 Å². The number of anilines is 1. The molecule has 2 aromatic carbocycles. The lowest BCUT2D eigenvalue weighted by Crippen LogP contribution is -2.31. The Morgan fingerprint density at radius 3 is 2.58 bits per heavy atom. The molecule has 0 aliphatic rings. The number of nitrogens with zero attached hydrogens (tertiary/aromatic N) is 3. The van der Waals surface area contributed by atoms with Gasteiger partial charge in [0.25, 0.3) is 5.56 Å². The van der Waals surface area contributed by atoms with Crippen molar-refractivity contribution in [1.29, 1.82) is 0 Å². The van der Waals surface area contributed by atoms with Gasteiger partial charge in [0.1, 0.15) is 18.5 Å². The minimum absolute atomic E-state index is 0.0376. The summed E-state index contributed by atoms with van der Waals surface area (Å²) in [6, 6.07) is 17.5. The Bertz CT molecular complexity index is 1340. The average molecular weight is 450 g/mol. The molecule has 1 atom stereocenters. The molecular weight excluding hydrogens is 422 g/mol. The number of hydrogen-bond acceptors (Lipinski definition) is 6. The van der Waals surface area contributed by atoms with Crippen LogP contribution >= 0.6 is 0 Å². The largest absolute Gasteiger partial charge is 0.491 e. The lowest BCUT2D eigenvalue weighted by molar-refractivity contribution is 0.0938. The van der Waals surface area contributed by atoms with Gasteiger partial charge in [0.05, 0.1) is 6.54 Å². The molecule has 33 heavy (non-hydrogen) atoms. The van der Waals surface area contributed by atoms with Crippen LogP contribution in [0.4, 0.5) is 5.95 Å². The second kappa shape index (κ2) is 9.74. The molecule has 0 unspecified atom stereocenters. The smallest absolute Gasteiger partial charge is 0.329 e.